The molecule has 1 heterocycles. The number of rotatable bonds is 6. The van der Waals surface area contributed by atoms with Gasteiger partial charge in [-0.2, -0.15) is 0 Å². The van der Waals surface area contributed by atoms with Crippen molar-refractivity contribution in [1.29, 1.82) is 0 Å². The molecule has 1 aliphatic rings. The Morgan fingerprint density at radius 3 is 2.81 bits per heavy atom. The Morgan fingerprint density at radius 1 is 1.13 bits per heavy atom. The number of benzene rings is 2. The quantitative estimate of drug-likeness (QED) is 0.409. The van der Waals surface area contributed by atoms with Crippen molar-refractivity contribution < 1.29 is 9.59 Å². The van der Waals surface area contributed by atoms with Crippen LogP contribution in [-0.4, -0.2) is 27.8 Å². The first-order valence-electron chi connectivity index (χ1n) is 10.2. The summed E-state index contributed by atoms with van der Waals surface area (Å²) >= 11 is 2.60. The fourth-order valence-electron chi connectivity index (χ4n) is 3.80. The van der Waals surface area contributed by atoms with Crippen LogP contribution in [0.15, 0.2) is 46.8 Å². The third-order valence-electron chi connectivity index (χ3n) is 5.31. The van der Waals surface area contributed by atoms with Crippen LogP contribution < -0.4 is 10.6 Å². The van der Waals surface area contributed by atoms with Gasteiger partial charge >= 0.3 is 0 Å². The molecule has 0 spiro atoms. The second-order valence-electron chi connectivity index (χ2n) is 7.66. The van der Waals surface area contributed by atoms with E-state index in [9.17, 15) is 9.59 Å². The number of aryl methyl sites for hydroxylation is 3. The van der Waals surface area contributed by atoms with Crippen LogP contribution in [-0.2, 0) is 16.0 Å². The summed E-state index contributed by atoms with van der Waals surface area (Å²) in [7, 11) is 0. The first-order valence-corrected chi connectivity index (χ1v) is 12.0. The Bertz CT molecular complexity index is 1110. The maximum absolute atomic E-state index is 12.8. The van der Waals surface area contributed by atoms with E-state index in [0.29, 0.717) is 9.47 Å². The summed E-state index contributed by atoms with van der Waals surface area (Å²) in [4.78, 5) is 25.1. The van der Waals surface area contributed by atoms with Crippen molar-refractivity contribution in [1.82, 2.24) is 10.2 Å². The standard InChI is InChI=1S/C23H24N4O2S2/c1-14-10-11-19(15(2)12-14)24-20(28)13-30-23-27-26-22(31-23)25-21(29)18-9-5-7-16-6-3-4-8-17(16)18/h3-4,6,8,10-12,18H,5,7,9,13H2,1-2H3,(H,24,28)(H,25,26,29)/t18-/m0/s1. The van der Waals surface area contributed by atoms with E-state index in [2.05, 4.69) is 26.9 Å². The normalized spacial score (nSPS) is 15.2. The molecule has 2 N–H and O–H groups in total. The molecule has 0 radical (unpaired) electrons. The van der Waals surface area contributed by atoms with Crippen molar-refractivity contribution in [2.45, 2.75) is 43.4 Å². The fraction of sp³-hybridized carbons (Fsp3) is 0.304. The van der Waals surface area contributed by atoms with Crippen LogP contribution in [0.4, 0.5) is 10.8 Å². The van der Waals surface area contributed by atoms with Gasteiger partial charge in [0, 0.05) is 5.69 Å². The molecule has 8 heteroatoms. The molecule has 6 nitrogen and oxygen atoms in total. The molecule has 0 bridgehead atoms. The molecule has 160 valence electrons. The molecule has 4 rings (SSSR count). The Labute approximate surface area is 189 Å². The zero-order valence-electron chi connectivity index (χ0n) is 17.5. The van der Waals surface area contributed by atoms with Crippen molar-refractivity contribution >= 4 is 45.7 Å². The Hall–Kier alpha value is -2.71. The predicted octanol–water partition coefficient (Wildman–Crippen LogP) is 4.94. The Kier molecular flexibility index (Phi) is 6.67. The van der Waals surface area contributed by atoms with E-state index in [-0.39, 0.29) is 23.5 Å². The molecule has 0 aliphatic heterocycles. The van der Waals surface area contributed by atoms with E-state index < -0.39 is 0 Å². The molecule has 0 fully saturated rings. The molecule has 1 aromatic heterocycles. The number of carbonyl (C=O) groups excluding carboxylic acids is 2. The third kappa shape index (κ3) is 5.32. The lowest BCUT2D eigenvalue weighted by Crippen LogP contribution is -2.24. The van der Waals surface area contributed by atoms with E-state index in [1.807, 2.05) is 50.2 Å². The number of carbonyl (C=O) groups is 2. The number of fused-ring (bicyclic) bond motifs is 1. The summed E-state index contributed by atoms with van der Waals surface area (Å²) in [6, 6.07) is 14.0. The molecule has 2 amide bonds. The molecule has 0 unspecified atom stereocenters. The van der Waals surface area contributed by atoms with Gasteiger partial charge in [0.1, 0.15) is 0 Å². The van der Waals surface area contributed by atoms with Crippen molar-refractivity contribution in [3.05, 3.63) is 64.7 Å². The lowest BCUT2D eigenvalue weighted by Gasteiger charge is -2.24. The van der Waals surface area contributed by atoms with E-state index in [1.165, 1.54) is 28.7 Å². The van der Waals surface area contributed by atoms with Gasteiger partial charge in [0.15, 0.2) is 4.34 Å². The van der Waals surface area contributed by atoms with Crippen LogP contribution in [0, 0.1) is 13.8 Å². The van der Waals surface area contributed by atoms with Gasteiger partial charge in [0.05, 0.1) is 11.7 Å². The number of amides is 2. The number of nitrogens with zero attached hydrogens (tertiary/aromatic N) is 2. The highest BCUT2D eigenvalue weighted by molar-refractivity contribution is 8.01. The average Bonchev–Trinajstić information content (AvgIpc) is 3.21. The third-order valence-corrected chi connectivity index (χ3v) is 7.28. The largest absolute Gasteiger partial charge is 0.325 e. The van der Waals surface area contributed by atoms with Gasteiger partial charge in [0.25, 0.3) is 0 Å². The molecule has 0 saturated heterocycles. The predicted molar refractivity (Wildman–Crippen MR) is 126 cm³/mol. The van der Waals surface area contributed by atoms with Crippen LogP contribution in [0.5, 0.6) is 0 Å². The van der Waals surface area contributed by atoms with Crippen molar-refractivity contribution in [2.75, 3.05) is 16.4 Å². The van der Waals surface area contributed by atoms with Crippen molar-refractivity contribution in [2.24, 2.45) is 0 Å². The minimum absolute atomic E-state index is 0.0487. The summed E-state index contributed by atoms with van der Waals surface area (Å²) in [5.41, 5.74) is 5.36. The van der Waals surface area contributed by atoms with Crippen LogP contribution in [0.3, 0.4) is 0 Å². The van der Waals surface area contributed by atoms with Gasteiger partial charge < -0.3 is 5.32 Å². The highest BCUT2D eigenvalue weighted by atomic mass is 32.2. The number of hydrogen-bond donors (Lipinski definition) is 2. The van der Waals surface area contributed by atoms with Gasteiger partial charge in [-0.05, 0) is 55.9 Å². The van der Waals surface area contributed by atoms with Gasteiger partial charge in [-0.1, -0.05) is 65.1 Å². The molecule has 3 aromatic rings. The van der Waals surface area contributed by atoms with Crippen LogP contribution in [0.25, 0.3) is 0 Å². The first kappa shape index (κ1) is 21.5. The van der Waals surface area contributed by atoms with E-state index in [4.69, 9.17) is 0 Å². The van der Waals surface area contributed by atoms with Gasteiger partial charge in [-0.25, -0.2) is 0 Å². The lowest BCUT2D eigenvalue weighted by molar-refractivity contribution is -0.118. The number of nitrogens with one attached hydrogen (secondary N) is 2. The second-order valence-corrected chi connectivity index (χ2v) is 9.86. The summed E-state index contributed by atoms with van der Waals surface area (Å²) in [5, 5.41) is 14.5. The summed E-state index contributed by atoms with van der Waals surface area (Å²) in [6.07, 6.45) is 2.85. The van der Waals surface area contributed by atoms with E-state index in [0.717, 1.165) is 41.6 Å². The summed E-state index contributed by atoms with van der Waals surface area (Å²) < 4.78 is 0.648. The van der Waals surface area contributed by atoms with Crippen LogP contribution >= 0.6 is 23.1 Å². The van der Waals surface area contributed by atoms with E-state index in [1.54, 1.807) is 0 Å². The number of anilines is 2. The minimum atomic E-state index is -0.159. The highest BCUT2D eigenvalue weighted by Crippen LogP contribution is 2.33. The number of hydrogen-bond acceptors (Lipinski definition) is 6. The maximum atomic E-state index is 12.8. The van der Waals surface area contributed by atoms with E-state index >= 15 is 0 Å². The molecular formula is C23H24N4O2S2. The van der Waals surface area contributed by atoms with Crippen LogP contribution in [0.2, 0.25) is 0 Å². The Balaban J connectivity index is 1.31. The molecule has 31 heavy (non-hydrogen) atoms. The molecule has 0 saturated carbocycles. The number of aromatic nitrogens is 2. The monoisotopic (exact) mass is 452 g/mol. The van der Waals surface area contributed by atoms with Gasteiger partial charge in [-0.15, -0.1) is 10.2 Å². The molecule has 2 aromatic carbocycles. The van der Waals surface area contributed by atoms with Gasteiger partial charge in [0.2, 0.25) is 16.9 Å². The van der Waals surface area contributed by atoms with Crippen molar-refractivity contribution in [3.8, 4) is 0 Å². The van der Waals surface area contributed by atoms with Gasteiger partial charge in [-0.3, -0.25) is 14.9 Å². The molecule has 1 aliphatic carbocycles. The van der Waals surface area contributed by atoms with Crippen LogP contribution in [0.1, 0.15) is 41.0 Å². The summed E-state index contributed by atoms with van der Waals surface area (Å²) in [6.45, 7) is 3.99. The zero-order chi connectivity index (χ0) is 21.8. The minimum Gasteiger partial charge on any atom is -0.325 e. The smallest absolute Gasteiger partial charge is 0.234 e. The SMILES string of the molecule is Cc1ccc(NC(=O)CSc2nnc(NC(=O)[C@H]3CCCc4ccccc43)s2)c(C)c1. The maximum Gasteiger partial charge on any atom is 0.234 e. The molecule has 1 atom stereocenters. The van der Waals surface area contributed by atoms with Crippen molar-refractivity contribution in [3.63, 3.8) is 0 Å². The average molecular weight is 453 g/mol. The second kappa shape index (κ2) is 9.62. The lowest BCUT2D eigenvalue weighted by atomic mass is 9.82. The molecular weight excluding hydrogens is 428 g/mol. The highest BCUT2D eigenvalue weighted by Gasteiger charge is 2.27. The number of thioether (sulfide) groups is 1. The topological polar surface area (TPSA) is 84.0 Å². The fourth-order valence-corrected chi connectivity index (χ4v) is 5.36. The Morgan fingerprint density at radius 2 is 1.97 bits per heavy atom. The first-order chi connectivity index (χ1) is 15.0. The zero-order valence-corrected chi connectivity index (χ0v) is 19.1. The summed E-state index contributed by atoms with van der Waals surface area (Å²) in [5.74, 6) is -0.0798.